The third kappa shape index (κ3) is 2.46. The normalized spacial score (nSPS) is 14.9. The summed E-state index contributed by atoms with van der Waals surface area (Å²) in [5.41, 5.74) is 7.44. The third-order valence-electron chi connectivity index (χ3n) is 2.62. The summed E-state index contributed by atoms with van der Waals surface area (Å²) in [6.07, 6.45) is 4.84. The van der Waals surface area contributed by atoms with Crippen molar-refractivity contribution >= 4 is 33.9 Å². The Kier molecular flexibility index (Phi) is 3.99. The van der Waals surface area contributed by atoms with Gasteiger partial charge in [0.1, 0.15) is 0 Å². The van der Waals surface area contributed by atoms with E-state index in [0.29, 0.717) is 0 Å². The zero-order chi connectivity index (χ0) is 11.5. The van der Waals surface area contributed by atoms with E-state index < -0.39 is 0 Å². The molecule has 86 valence electrons. The largest absolute Gasteiger partial charge is 0.326 e. The molecule has 5 heteroatoms. The molecule has 0 saturated heterocycles. The zero-order valence-corrected chi connectivity index (χ0v) is 12.0. The molecule has 0 aliphatic rings. The molecule has 2 aromatic heterocycles. The minimum absolute atomic E-state index is 0.102. The summed E-state index contributed by atoms with van der Waals surface area (Å²) in [5.74, 6) is 0. The fourth-order valence-electron chi connectivity index (χ4n) is 1.73. The van der Waals surface area contributed by atoms with Crippen molar-refractivity contribution < 1.29 is 0 Å². The second-order valence-corrected chi connectivity index (χ2v) is 5.74. The van der Waals surface area contributed by atoms with Crippen LogP contribution in [0.15, 0.2) is 29.2 Å². The van der Waals surface area contributed by atoms with E-state index in [1.807, 2.05) is 17.1 Å². The van der Waals surface area contributed by atoms with Crippen molar-refractivity contribution in [2.24, 2.45) is 5.73 Å². The number of nitrogens with two attached hydrogens (primary N) is 1. The van der Waals surface area contributed by atoms with Crippen molar-refractivity contribution in [1.82, 2.24) is 9.78 Å². The molecule has 2 heterocycles. The maximum Gasteiger partial charge on any atom is 0.0927 e. The molecule has 0 saturated carbocycles. The number of hydrogen-bond acceptors (Lipinski definition) is 3. The van der Waals surface area contributed by atoms with Crippen molar-refractivity contribution in [3.63, 3.8) is 0 Å². The van der Waals surface area contributed by atoms with E-state index in [9.17, 15) is 0 Å². The lowest BCUT2D eigenvalue weighted by Crippen LogP contribution is -2.32. The maximum absolute atomic E-state index is 6.19. The first kappa shape index (κ1) is 12.1. The first-order valence-electron chi connectivity index (χ1n) is 5.19. The number of rotatable bonds is 4. The third-order valence-corrected chi connectivity index (χ3v) is 3.88. The summed E-state index contributed by atoms with van der Waals surface area (Å²) in [7, 11) is 0. The topological polar surface area (TPSA) is 43.8 Å². The molecule has 0 amide bonds. The van der Waals surface area contributed by atoms with Crippen LogP contribution in [-0.4, -0.2) is 15.8 Å². The van der Waals surface area contributed by atoms with Crippen LogP contribution in [-0.2, 0) is 0 Å². The second kappa shape index (κ2) is 5.29. The summed E-state index contributed by atoms with van der Waals surface area (Å²) in [5, 5.41) is 8.60. The van der Waals surface area contributed by atoms with E-state index in [1.54, 1.807) is 11.3 Å². The quantitative estimate of drug-likeness (QED) is 0.865. The van der Waals surface area contributed by atoms with Crippen molar-refractivity contribution in [1.29, 1.82) is 0 Å². The molecular formula is C11H14IN3S. The number of thiophene rings is 1. The van der Waals surface area contributed by atoms with Gasteiger partial charge in [-0.3, -0.25) is 4.68 Å². The smallest absolute Gasteiger partial charge is 0.0927 e. The average Bonchev–Trinajstić information content (AvgIpc) is 2.91. The lowest BCUT2D eigenvalue weighted by Gasteiger charge is -2.22. The van der Waals surface area contributed by atoms with Crippen molar-refractivity contribution in [2.75, 3.05) is 0 Å². The van der Waals surface area contributed by atoms with E-state index in [-0.39, 0.29) is 12.1 Å². The Morgan fingerprint density at radius 3 is 2.94 bits per heavy atom. The van der Waals surface area contributed by atoms with Gasteiger partial charge in [-0.25, -0.2) is 0 Å². The lowest BCUT2D eigenvalue weighted by molar-refractivity contribution is 0.425. The molecule has 0 radical (unpaired) electrons. The molecule has 0 aliphatic heterocycles. The number of halogens is 1. The van der Waals surface area contributed by atoms with E-state index in [4.69, 9.17) is 5.73 Å². The Labute approximate surface area is 113 Å². The highest BCUT2D eigenvalue weighted by atomic mass is 127. The predicted molar refractivity (Wildman–Crippen MR) is 75.7 cm³/mol. The Balaban J connectivity index is 2.35. The summed E-state index contributed by atoms with van der Waals surface area (Å²) >= 11 is 3.96. The monoisotopic (exact) mass is 347 g/mol. The average molecular weight is 347 g/mol. The van der Waals surface area contributed by atoms with Crippen LogP contribution < -0.4 is 5.73 Å². The van der Waals surface area contributed by atoms with Gasteiger partial charge in [0, 0.05) is 12.2 Å². The standard InChI is InChI=1S/C11H14IN3S/c1-2-10(13)11(8-3-4-16-7-8)15-6-9(12)5-14-15/h3-7,10-11H,2,13H2,1H3. The van der Waals surface area contributed by atoms with E-state index in [1.165, 1.54) is 5.56 Å². The van der Waals surface area contributed by atoms with Crippen LogP contribution in [0.2, 0.25) is 0 Å². The van der Waals surface area contributed by atoms with Gasteiger partial charge < -0.3 is 5.73 Å². The fraction of sp³-hybridized carbons (Fsp3) is 0.364. The van der Waals surface area contributed by atoms with Crippen LogP contribution >= 0.6 is 33.9 Å². The van der Waals surface area contributed by atoms with Crippen LogP contribution in [0.25, 0.3) is 0 Å². The van der Waals surface area contributed by atoms with Crippen molar-refractivity contribution in [2.45, 2.75) is 25.4 Å². The molecule has 0 bridgehead atoms. The zero-order valence-electron chi connectivity index (χ0n) is 9.01. The first-order chi connectivity index (χ1) is 7.72. The highest BCUT2D eigenvalue weighted by Gasteiger charge is 2.21. The van der Waals surface area contributed by atoms with Crippen LogP contribution in [0.5, 0.6) is 0 Å². The molecule has 2 rings (SSSR count). The van der Waals surface area contributed by atoms with Gasteiger partial charge in [0.05, 0.1) is 15.8 Å². The number of hydrogen-bond donors (Lipinski definition) is 1. The van der Waals surface area contributed by atoms with Gasteiger partial charge in [-0.2, -0.15) is 16.4 Å². The summed E-state index contributed by atoms with van der Waals surface area (Å²) in [4.78, 5) is 0. The lowest BCUT2D eigenvalue weighted by atomic mass is 10.0. The molecule has 2 aromatic rings. The molecule has 2 unspecified atom stereocenters. The van der Waals surface area contributed by atoms with Crippen molar-refractivity contribution in [3.8, 4) is 0 Å². The highest BCUT2D eigenvalue weighted by Crippen LogP contribution is 2.24. The molecule has 2 atom stereocenters. The highest BCUT2D eigenvalue weighted by molar-refractivity contribution is 14.1. The summed E-state index contributed by atoms with van der Waals surface area (Å²) < 4.78 is 3.11. The minimum Gasteiger partial charge on any atom is -0.326 e. The van der Waals surface area contributed by atoms with Gasteiger partial charge in [0.15, 0.2) is 0 Å². The summed E-state index contributed by atoms with van der Waals surface area (Å²) in [6.45, 7) is 2.11. The second-order valence-electron chi connectivity index (χ2n) is 3.71. The molecule has 0 spiro atoms. The minimum atomic E-state index is 0.102. The van der Waals surface area contributed by atoms with Gasteiger partial charge in [0.25, 0.3) is 0 Å². The van der Waals surface area contributed by atoms with E-state index in [2.05, 4.69) is 51.4 Å². The van der Waals surface area contributed by atoms with Gasteiger partial charge in [0.2, 0.25) is 0 Å². The molecule has 0 aromatic carbocycles. The van der Waals surface area contributed by atoms with E-state index >= 15 is 0 Å². The molecule has 0 aliphatic carbocycles. The Hall–Kier alpha value is -0.400. The molecular weight excluding hydrogens is 333 g/mol. The number of aromatic nitrogens is 2. The SMILES string of the molecule is CCC(N)C(c1ccsc1)n1cc(I)cn1. The molecule has 3 nitrogen and oxygen atoms in total. The fourth-order valence-corrected chi connectivity index (χ4v) is 2.83. The van der Waals surface area contributed by atoms with Gasteiger partial charge in [-0.15, -0.1) is 0 Å². The Morgan fingerprint density at radius 1 is 1.62 bits per heavy atom. The maximum atomic E-state index is 6.19. The van der Waals surface area contributed by atoms with Crippen LogP contribution in [0.3, 0.4) is 0 Å². The van der Waals surface area contributed by atoms with Crippen molar-refractivity contribution in [3.05, 3.63) is 38.4 Å². The van der Waals surface area contributed by atoms with E-state index in [0.717, 1.165) is 9.99 Å². The predicted octanol–water partition coefficient (Wildman–Crippen LogP) is 2.88. The molecule has 2 N–H and O–H groups in total. The molecule has 16 heavy (non-hydrogen) atoms. The Bertz CT molecular complexity index is 438. The first-order valence-corrected chi connectivity index (χ1v) is 7.22. The van der Waals surface area contributed by atoms with Crippen LogP contribution in [0, 0.1) is 3.57 Å². The molecule has 0 fully saturated rings. The summed E-state index contributed by atoms with van der Waals surface area (Å²) in [6, 6.07) is 2.38. The van der Waals surface area contributed by atoms with Gasteiger partial charge in [-0.1, -0.05) is 6.92 Å². The van der Waals surface area contributed by atoms with Crippen LogP contribution in [0.4, 0.5) is 0 Å². The van der Waals surface area contributed by atoms with Crippen LogP contribution in [0.1, 0.15) is 24.9 Å². The van der Waals surface area contributed by atoms with Gasteiger partial charge >= 0.3 is 0 Å². The Morgan fingerprint density at radius 2 is 2.44 bits per heavy atom. The number of nitrogens with zero attached hydrogens (tertiary/aromatic N) is 2. The van der Waals surface area contributed by atoms with Gasteiger partial charge in [-0.05, 0) is 51.4 Å².